The van der Waals surface area contributed by atoms with E-state index >= 15 is 0 Å². The van der Waals surface area contributed by atoms with Crippen LogP contribution in [0.5, 0.6) is 0 Å². The van der Waals surface area contributed by atoms with E-state index in [2.05, 4.69) is 71.7 Å². The third-order valence-electron chi connectivity index (χ3n) is 10.2. The van der Waals surface area contributed by atoms with Gasteiger partial charge in [0.2, 0.25) is 0 Å². The first-order chi connectivity index (χ1) is 24.5. The number of carbonyl (C=O) groups excluding carboxylic acids is 1. The molecule has 0 unspecified atom stereocenters. The van der Waals surface area contributed by atoms with Crippen LogP contribution >= 0.6 is 0 Å². The molecule has 52 heavy (non-hydrogen) atoms. The van der Waals surface area contributed by atoms with Gasteiger partial charge in [-0.3, -0.25) is 9.80 Å². The Morgan fingerprint density at radius 3 is 2.06 bits per heavy atom. The van der Waals surface area contributed by atoms with Gasteiger partial charge < -0.3 is 19.8 Å². The smallest absolute Gasteiger partial charge is 0.411 e. The number of nitrogens with one attached hydrogen (secondary N) is 2. The summed E-state index contributed by atoms with van der Waals surface area (Å²) in [6.07, 6.45) is 3.56. The van der Waals surface area contributed by atoms with Crippen LogP contribution in [-0.2, 0) is 10.3 Å². The van der Waals surface area contributed by atoms with Crippen LogP contribution in [0, 0.1) is 5.41 Å². The van der Waals surface area contributed by atoms with Crippen LogP contribution in [-0.4, -0.2) is 65.7 Å². The fourth-order valence-electron chi connectivity index (χ4n) is 7.65. The fraction of sp³-hybridized carbons (Fsp3) is 0.333. The molecule has 0 spiro atoms. The summed E-state index contributed by atoms with van der Waals surface area (Å²) >= 11 is 0. The molecule has 2 aliphatic rings. The number of ether oxygens (including phenoxy) is 1. The number of hydrogen-bond acceptors (Lipinski definition) is 5. The predicted octanol–water partition coefficient (Wildman–Crippen LogP) is 9.71. The van der Waals surface area contributed by atoms with E-state index in [9.17, 15) is 14.7 Å². The maximum atomic E-state index is 12.9. The molecule has 10 nitrogen and oxygen atoms in total. The number of likely N-dealkylation sites (tertiary alicyclic amines) is 2. The van der Waals surface area contributed by atoms with Crippen molar-refractivity contribution in [1.29, 1.82) is 0 Å². The number of hydrogen-bond donors (Lipinski definition) is 3. The van der Waals surface area contributed by atoms with Gasteiger partial charge in [0.05, 0.1) is 17.4 Å². The van der Waals surface area contributed by atoms with Gasteiger partial charge >= 0.3 is 12.2 Å². The van der Waals surface area contributed by atoms with Crippen molar-refractivity contribution in [2.75, 3.05) is 13.1 Å². The summed E-state index contributed by atoms with van der Waals surface area (Å²) in [5.41, 5.74) is 5.65. The average Bonchev–Trinajstić information content (AvgIpc) is 3.89. The van der Waals surface area contributed by atoms with E-state index in [1.165, 1.54) is 4.90 Å². The highest BCUT2D eigenvalue weighted by molar-refractivity contribution is 5.90. The fourth-order valence-corrected chi connectivity index (χ4v) is 7.65. The monoisotopic (exact) mass is 698 g/mol. The molecule has 2 aromatic heterocycles. The molecule has 7 rings (SSSR count). The van der Waals surface area contributed by atoms with E-state index in [4.69, 9.17) is 14.7 Å². The lowest BCUT2D eigenvalue weighted by Crippen LogP contribution is -2.53. The highest BCUT2D eigenvalue weighted by Crippen LogP contribution is 2.51. The molecule has 2 atom stereocenters. The Morgan fingerprint density at radius 1 is 0.808 bits per heavy atom. The van der Waals surface area contributed by atoms with Gasteiger partial charge in [0.1, 0.15) is 22.8 Å². The van der Waals surface area contributed by atoms with Gasteiger partial charge in [-0.1, -0.05) is 93.6 Å². The molecule has 0 aliphatic carbocycles. The second-order valence-corrected chi connectivity index (χ2v) is 16.1. The number of carboxylic acid groups (broad SMARTS) is 1. The summed E-state index contributed by atoms with van der Waals surface area (Å²) in [7, 11) is 0. The van der Waals surface area contributed by atoms with Gasteiger partial charge in [0, 0.05) is 43.0 Å². The molecule has 3 aromatic carbocycles. The molecule has 3 N–H and O–H groups in total. The maximum absolute atomic E-state index is 12.9. The summed E-state index contributed by atoms with van der Waals surface area (Å²) in [5.74, 6) is 1.34. The summed E-state index contributed by atoms with van der Waals surface area (Å²) in [6.45, 7) is 20.7. The standard InChI is InChI=1S/C42H46N6O4/c1-25-17-35(47(23-25)39(51)52-41(6,7)8)36-43-21-34(45-36)32-16-15-30-18-29(13-14-31(30)19-32)27-9-11-28(12-10-27)33-22-44-37(46-33)42(40(3,4)5)20-26(2)24-48(42)38(49)50/h9-16,18-19,21-22,35H,1-2,17,20,23-24H2,3-8H3,(H,43,45)(H,44,46)(H,49,50)/t35-,42+/m0/s1. The molecule has 10 heteroatoms. The number of imidazole rings is 2. The number of fused-ring (bicyclic) bond motifs is 1. The van der Waals surface area contributed by atoms with Crippen molar-refractivity contribution in [3.05, 3.63) is 109 Å². The van der Waals surface area contributed by atoms with Crippen molar-refractivity contribution >= 4 is 23.0 Å². The minimum Gasteiger partial charge on any atom is -0.465 e. The first kappa shape index (κ1) is 34.8. The average molecular weight is 699 g/mol. The number of nitrogens with zero attached hydrogens (tertiary/aromatic N) is 4. The Labute approximate surface area is 304 Å². The SMILES string of the molecule is C=C1C[C@@H](c2nc(-c3ccc4cc(-c5ccc(-c6c[nH]c([C@@]7(C(C)(C)C)CC(=C)CN7C(=O)O)n6)cc5)ccc4c3)c[nH]2)N(C(=O)OC(C)(C)C)C1. The summed E-state index contributed by atoms with van der Waals surface area (Å²) < 4.78 is 5.65. The van der Waals surface area contributed by atoms with Crippen molar-refractivity contribution < 1.29 is 19.4 Å². The maximum Gasteiger partial charge on any atom is 0.411 e. The van der Waals surface area contributed by atoms with E-state index in [-0.39, 0.29) is 12.1 Å². The second kappa shape index (κ2) is 12.5. The zero-order valence-electron chi connectivity index (χ0n) is 30.7. The first-order valence-corrected chi connectivity index (χ1v) is 17.6. The van der Waals surface area contributed by atoms with Crippen LogP contribution in [0.2, 0.25) is 0 Å². The molecule has 0 radical (unpaired) electrons. The summed E-state index contributed by atoms with van der Waals surface area (Å²) in [4.78, 5) is 44.9. The van der Waals surface area contributed by atoms with Crippen LogP contribution in [0.4, 0.5) is 9.59 Å². The zero-order chi connectivity index (χ0) is 37.2. The highest BCUT2D eigenvalue weighted by Gasteiger charge is 2.56. The van der Waals surface area contributed by atoms with Crippen LogP contribution in [0.1, 0.15) is 72.1 Å². The predicted molar refractivity (Wildman–Crippen MR) is 204 cm³/mol. The third-order valence-corrected chi connectivity index (χ3v) is 10.2. The molecular formula is C42H46N6O4. The Bertz CT molecular complexity index is 2220. The second-order valence-electron chi connectivity index (χ2n) is 16.1. The zero-order valence-corrected chi connectivity index (χ0v) is 30.7. The van der Waals surface area contributed by atoms with Crippen LogP contribution in [0.25, 0.3) is 44.4 Å². The van der Waals surface area contributed by atoms with E-state index < -0.39 is 22.6 Å². The lowest BCUT2D eigenvalue weighted by Gasteiger charge is -2.45. The van der Waals surface area contributed by atoms with Gasteiger partial charge in [0.25, 0.3) is 0 Å². The lowest BCUT2D eigenvalue weighted by atomic mass is 9.71. The van der Waals surface area contributed by atoms with Crippen molar-refractivity contribution in [3.8, 4) is 33.6 Å². The first-order valence-electron chi connectivity index (χ1n) is 17.6. The number of carbonyl (C=O) groups is 2. The normalized spacial score (nSPS) is 19.5. The molecule has 2 saturated heterocycles. The van der Waals surface area contributed by atoms with Crippen LogP contribution in [0.3, 0.4) is 0 Å². The molecule has 4 heterocycles. The number of amides is 2. The van der Waals surface area contributed by atoms with Crippen molar-refractivity contribution in [2.24, 2.45) is 5.41 Å². The molecule has 0 saturated carbocycles. The van der Waals surface area contributed by atoms with Gasteiger partial charge in [-0.05, 0) is 66.6 Å². The largest absolute Gasteiger partial charge is 0.465 e. The highest BCUT2D eigenvalue weighted by atomic mass is 16.6. The number of aromatic amines is 2. The number of rotatable bonds is 5. The molecule has 2 amide bonds. The van der Waals surface area contributed by atoms with Gasteiger partial charge in [0.15, 0.2) is 0 Å². The molecule has 0 bridgehead atoms. The number of H-pyrrole nitrogens is 2. The molecular weight excluding hydrogens is 653 g/mol. The van der Waals surface area contributed by atoms with Crippen molar-refractivity contribution in [2.45, 2.75) is 71.6 Å². The lowest BCUT2D eigenvalue weighted by molar-refractivity contribution is 0.0215. The van der Waals surface area contributed by atoms with Crippen LogP contribution < -0.4 is 0 Å². The van der Waals surface area contributed by atoms with Crippen molar-refractivity contribution in [3.63, 3.8) is 0 Å². The van der Waals surface area contributed by atoms with Gasteiger partial charge in [-0.2, -0.15) is 0 Å². The molecule has 2 aliphatic heterocycles. The van der Waals surface area contributed by atoms with Gasteiger partial charge in [-0.25, -0.2) is 19.6 Å². The molecule has 2 fully saturated rings. The number of benzene rings is 3. The topological polar surface area (TPSA) is 127 Å². The van der Waals surface area contributed by atoms with Gasteiger partial charge in [-0.15, -0.1) is 0 Å². The van der Waals surface area contributed by atoms with E-state index in [1.54, 1.807) is 4.90 Å². The Kier molecular flexibility index (Phi) is 8.39. The molecule has 268 valence electrons. The quantitative estimate of drug-likeness (QED) is 0.157. The van der Waals surface area contributed by atoms with Crippen molar-refractivity contribution in [1.82, 2.24) is 29.7 Å². The number of aromatic nitrogens is 4. The Balaban J connectivity index is 1.09. The van der Waals surface area contributed by atoms with E-state index in [0.29, 0.717) is 37.6 Å². The van der Waals surface area contributed by atoms with Crippen LogP contribution in [0.15, 0.2) is 97.4 Å². The summed E-state index contributed by atoms with van der Waals surface area (Å²) in [5, 5.41) is 12.3. The minimum atomic E-state index is -0.975. The minimum absolute atomic E-state index is 0.254. The molecule has 5 aromatic rings. The Hall–Kier alpha value is -5.64. The Morgan fingerprint density at radius 2 is 1.40 bits per heavy atom. The van der Waals surface area contributed by atoms with E-state index in [1.807, 2.05) is 66.1 Å². The van der Waals surface area contributed by atoms with E-state index in [0.717, 1.165) is 55.6 Å². The summed E-state index contributed by atoms with van der Waals surface area (Å²) in [6, 6.07) is 20.7. The third kappa shape index (κ3) is 6.27.